The average Bonchev–Trinajstić information content (AvgIpc) is 2.88. The van der Waals surface area contributed by atoms with Gasteiger partial charge in [0.2, 0.25) is 0 Å². The van der Waals surface area contributed by atoms with Gasteiger partial charge in [-0.25, -0.2) is 9.48 Å². The quantitative estimate of drug-likeness (QED) is 0.557. The Bertz CT molecular complexity index is 685. The Morgan fingerprint density at radius 1 is 1.50 bits per heavy atom. The van der Waals surface area contributed by atoms with Crippen molar-refractivity contribution >= 4 is 34.4 Å². The van der Waals surface area contributed by atoms with E-state index in [1.807, 2.05) is 6.07 Å². The number of alkyl halides is 1. The first kappa shape index (κ1) is 16.6. The van der Waals surface area contributed by atoms with Crippen LogP contribution in [-0.2, 0) is 0 Å². The van der Waals surface area contributed by atoms with Gasteiger partial charge in [0.15, 0.2) is 0 Å². The molecule has 3 N–H and O–H groups in total. The number of halogens is 1. The molecule has 22 heavy (non-hydrogen) atoms. The Hall–Kier alpha value is -1.77. The number of anilines is 1. The van der Waals surface area contributed by atoms with Gasteiger partial charge in [0.05, 0.1) is 22.4 Å². The number of carbonyl (C=O) groups is 1. The summed E-state index contributed by atoms with van der Waals surface area (Å²) in [6.07, 6.45) is 2.10. The van der Waals surface area contributed by atoms with E-state index >= 15 is 0 Å². The summed E-state index contributed by atoms with van der Waals surface area (Å²) in [6, 6.07) is 6.63. The van der Waals surface area contributed by atoms with Crippen LogP contribution in [0.15, 0.2) is 24.3 Å². The molecule has 1 aromatic carbocycles. The van der Waals surface area contributed by atoms with Crippen molar-refractivity contribution < 1.29 is 14.6 Å². The molecule has 118 valence electrons. The number of carboxylic acids is 1. The average molecular weight is 415 g/mol. The van der Waals surface area contributed by atoms with E-state index in [0.29, 0.717) is 15.4 Å². The molecule has 0 amide bonds. The number of nitrogens with zero attached hydrogens (tertiary/aromatic N) is 2. The second-order valence-corrected chi connectivity index (χ2v) is 6.36. The van der Waals surface area contributed by atoms with Crippen LogP contribution in [0.25, 0.3) is 5.69 Å². The third kappa shape index (κ3) is 3.34. The molecule has 0 spiro atoms. The van der Waals surface area contributed by atoms with Gasteiger partial charge in [-0.05, 0) is 18.6 Å². The molecule has 0 saturated carbocycles. The van der Waals surface area contributed by atoms with E-state index in [1.54, 1.807) is 16.8 Å². The monoisotopic (exact) mass is 415 g/mol. The van der Waals surface area contributed by atoms with Crippen LogP contribution in [-0.4, -0.2) is 28.0 Å². The molecule has 0 saturated heterocycles. The van der Waals surface area contributed by atoms with Crippen LogP contribution < -0.4 is 10.5 Å². The van der Waals surface area contributed by atoms with Crippen LogP contribution in [0.4, 0.5) is 5.82 Å². The van der Waals surface area contributed by atoms with E-state index in [0.717, 1.165) is 18.5 Å². The van der Waals surface area contributed by atoms with Crippen molar-refractivity contribution in [3.63, 3.8) is 0 Å². The van der Waals surface area contributed by atoms with Gasteiger partial charge < -0.3 is 15.6 Å². The van der Waals surface area contributed by atoms with Gasteiger partial charge in [-0.15, -0.1) is 0 Å². The zero-order valence-electron chi connectivity index (χ0n) is 12.4. The predicted molar refractivity (Wildman–Crippen MR) is 93.2 cm³/mol. The molecule has 0 bridgehead atoms. The van der Waals surface area contributed by atoms with Crippen LogP contribution in [0.3, 0.4) is 0 Å². The minimum absolute atomic E-state index is 0.106. The van der Waals surface area contributed by atoms with Gasteiger partial charge in [0, 0.05) is 12.1 Å². The Morgan fingerprint density at radius 3 is 2.82 bits per heavy atom. The van der Waals surface area contributed by atoms with Crippen LogP contribution in [0.1, 0.15) is 39.7 Å². The number of nitrogens with two attached hydrogens (primary N) is 1. The molecule has 2 aromatic rings. The second-order valence-electron chi connectivity index (χ2n) is 4.85. The summed E-state index contributed by atoms with van der Waals surface area (Å²) >= 11 is 2.35. The topological polar surface area (TPSA) is 90.4 Å². The van der Waals surface area contributed by atoms with Crippen molar-refractivity contribution in [1.82, 2.24) is 9.78 Å². The number of ether oxygens (including phenoxy) is 1. The molecule has 6 nitrogen and oxygen atoms in total. The van der Waals surface area contributed by atoms with Gasteiger partial charge in [-0.2, -0.15) is 5.10 Å². The highest BCUT2D eigenvalue weighted by Gasteiger charge is 2.16. The highest BCUT2D eigenvalue weighted by molar-refractivity contribution is 14.1. The van der Waals surface area contributed by atoms with E-state index in [-0.39, 0.29) is 11.3 Å². The summed E-state index contributed by atoms with van der Waals surface area (Å²) in [6.45, 7) is 2.13. The normalized spacial score (nSPS) is 12.1. The molecular weight excluding hydrogens is 397 g/mol. The van der Waals surface area contributed by atoms with Gasteiger partial charge in [-0.1, -0.05) is 35.9 Å². The predicted octanol–water partition coefficient (Wildman–Crippen LogP) is 3.44. The van der Waals surface area contributed by atoms with Crippen LogP contribution >= 0.6 is 22.6 Å². The molecule has 0 aliphatic carbocycles. The van der Waals surface area contributed by atoms with Gasteiger partial charge in [0.1, 0.15) is 17.1 Å². The molecule has 1 heterocycles. The smallest absolute Gasteiger partial charge is 0.339 e. The lowest BCUT2D eigenvalue weighted by Crippen LogP contribution is -2.05. The standard InChI is InChI=1S/C15H18IN3O3/c1-3-4-11(16)12-8-14(17)19(18-12)9-5-6-10(15(20)21)13(7-9)22-2/h5-8,11H,3-4,17H2,1-2H3,(H,20,21). The summed E-state index contributed by atoms with van der Waals surface area (Å²) in [4.78, 5) is 11.1. The maximum atomic E-state index is 11.1. The lowest BCUT2D eigenvalue weighted by molar-refractivity contribution is 0.0693. The molecule has 0 radical (unpaired) electrons. The van der Waals surface area contributed by atoms with Crippen molar-refractivity contribution in [3.8, 4) is 11.4 Å². The Labute approximate surface area is 142 Å². The molecule has 1 unspecified atom stereocenters. The van der Waals surface area contributed by atoms with Crippen molar-refractivity contribution in [1.29, 1.82) is 0 Å². The molecule has 1 atom stereocenters. The van der Waals surface area contributed by atoms with E-state index in [2.05, 4.69) is 34.6 Å². The minimum Gasteiger partial charge on any atom is -0.496 e. The van der Waals surface area contributed by atoms with Crippen molar-refractivity contribution in [3.05, 3.63) is 35.5 Å². The van der Waals surface area contributed by atoms with Crippen LogP contribution in [0.2, 0.25) is 0 Å². The maximum absolute atomic E-state index is 11.1. The van der Waals surface area contributed by atoms with E-state index in [4.69, 9.17) is 15.6 Å². The largest absolute Gasteiger partial charge is 0.496 e. The fourth-order valence-corrected chi connectivity index (χ4v) is 3.09. The second kappa shape index (κ2) is 6.99. The fraction of sp³-hybridized carbons (Fsp3) is 0.333. The maximum Gasteiger partial charge on any atom is 0.339 e. The fourth-order valence-electron chi connectivity index (χ4n) is 2.16. The first-order valence-corrected chi connectivity index (χ1v) is 8.13. The van der Waals surface area contributed by atoms with E-state index in [9.17, 15) is 4.79 Å². The van der Waals surface area contributed by atoms with Crippen LogP contribution in [0, 0.1) is 0 Å². The Morgan fingerprint density at radius 2 is 2.23 bits per heavy atom. The SMILES string of the molecule is CCCC(I)c1cc(N)n(-c2ccc(C(=O)O)c(OC)c2)n1. The number of aromatic carboxylic acids is 1. The van der Waals surface area contributed by atoms with Gasteiger partial charge >= 0.3 is 5.97 Å². The highest BCUT2D eigenvalue weighted by atomic mass is 127. The third-order valence-corrected chi connectivity index (χ3v) is 4.54. The molecular formula is C15H18IN3O3. The summed E-state index contributed by atoms with van der Waals surface area (Å²) in [7, 11) is 1.44. The highest BCUT2D eigenvalue weighted by Crippen LogP contribution is 2.30. The number of methoxy groups -OCH3 is 1. The van der Waals surface area contributed by atoms with Gasteiger partial charge in [-0.3, -0.25) is 0 Å². The van der Waals surface area contributed by atoms with Crippen molar-refractivity contribution in [2.75, 3.05) is 12.8 Å². The minimum atomic E-state index is -1.03. The van der Waals surface area contributed by atoms with Crippen molar-refractivity contribution in [2.45, 2.75) is 23.7 Å². The Kier molecular flexibility index (Phi) is 5.28. The number of benzene rings is 1. The zero-order valence-corrected chi connectivity index (χ0v) is 14.6. The van der Waals surface area contributed by atoms with Crippen molar-refractivity contribution in [2.24, 2.45) is 0 Å². The number of aromatic nitrogens is 2. The number of hydrogen-bond donors (Lipinski definition) is 2. The Balaban J connectivity index is 2.42. The molecule has 7 heteroatoms. The molecule has 0 aliphatic heterocycles. The summed E-state index contributed by atoms with van der Waals surface area (Å²) < 4.78 is 7.04. The molecule has 2 rings (SSSR count). The number of hydrogen-bond acceptors (Lipinski definition) is 4. The van der Waals surface area contributed by atoms with Gasteiger partial charge in [0.25, 0.3) is 0 Å². The molecule has 0 fully saturated rings. The molecule has 1 aromatic heterocycles. The van der Waals surface area contributed by atoms with E-state index < -0.39 is 5.97 Å². The first-order chi connectivity index (χ1) is 10.5. The summed E-state index contributed by atoms with van der Waals surface area (Å²) in [5.41, 5.74) is 7.73. The zero-order chi connectivity index (χ0) is 16.3. The number of rotatable bonds is 6. The summed E-state index contributed by atoms with van der Waals surface area (Å²) in [5, 5.41) is 13.7. The number of carboxylic acid groups (broad SMARTS) is 1. The third-order valence-electron chi connectivity index (χ3n) is 3.28. The molecule has 0 aliphatic rings. The van der Waals surface area contributed by atoms with Crippen LogP contribution in [0.5, 0.6) is 5.75 Å². The number of nitrogen functional groups attached to an aromatic ring is 1. The lowest BCUT2D eigenvalue weighted by atomic mass is 10.2. The summed E-state index contributed by atoms with van der Waals surface area (Å²) in [5.74, 6) is -0.244. The first-order valence-electron chi connectivity index (χ1n) is 6.89. The lowest BCUT2D eigenvalue weighted by Gasteiger charge is -2.09. The van der Waals surface area contributed by atoms with E-state index in [1.165, 1.54) is 13.2 Å².